The van der Waals surface area contributed by atoms with E-state index < -0.39 is 0 Å². The molecule has 136 valence electrons. The van der Waals surface area contributed by atoms with Gasteiger partial charge in [-0.3, -0.25) is 0 Å². The van der Waals surface area contributed by atoms with Gasteiger partial charge in [-0.25, -0.2) is 9.97 Å². The molecule has 4 aromatic rings. The molecule has 0 fully saturated rings. The maximum atomic E-state index is 5.80. The lowest BCUT2D eigenvalue weighted by atomic mass is 10.2. The number of imidazole rings is 1. The maximum absolute atomic E-state index is 5.80. The Bertz CT molecular complexity index is 1060. The van der Waals surface area contributed by atoms with E-state index in [1.165, 1.54) is 0 Å². The van der Waals surface area contributed by atoms with Gasteiger partial charge >= 0.3 is 0 Å². The normalized spacial score (nSPS) is 10.8. The minimum atomic E-state index is 0.562. The number of pyridine rings is 1. The van der Waals surface area contributed by atoms with E-state index >= 15 is 0 Å². The molecular weight excluding hydrogens is 338 g/mol. The third-order valence-corrected chi connectivity index (χ3v) is 4.35. The van der Waals surface area contributed by atoms with Gasteiger partial charge in [0.05, 0.1) is 11.0 Å². The van der Waals surface area contributed by atoms with Gasteiger partial charge < -0.3 is 19.5 Å². The smallest absolute Gasteiger partial charge is 0.219 e. The number of anilines is 3. The minimum Gasteiger partial charge on any atom is -0.439 e. The average Bonchev–Trinajstić information content (AvgIpc) is 2.98. The number of nitrogens with one attached hydrogen (secondary N) is 1. The van der Waals surface area contributed by atoms with Crippen LogP contribution < -0.4 is 15.0 Å². The van der Waals surface area contributed by atoms with E-state index in [0.29, 0.717) is 11.6 Å². The predicted molar refractivity (Wildman–Crippen MR) is 109 cm³/mol. The number of benzene rings is 2. The molecule has 0 unspecified atom stereocenters. The Hall–Kier alpha value is -3.54. The highest BCUT2D eigenvalue weighted by molar-refractivity contribution is 5.81. The molecule has 0 aliphatic carbocycles. The lowest BCUT2D eigenvalue weighted by Gasteiger charge is -2.13. The first-order chi connectivity index (χ1) is 13.1. The first kappa shape index (κ1) is 16.9. The average molecular weight is 359 g/mol. The van der Waals surface area contributed by atoms with Crippen molar-refractivity contribution in [3.63, 3.8) is 0 Å². The quantitative estimate of drug-likeness (QED) is 0.566. The van der Waals surface area contributed by atoms with Crippen LogP contribution in [0, 0.1) is 0 Å². The molecular formula is C21H21N5O. The second-order valence-corrected chi connectivity index (χ2v) is 6.48. The second kappa shape index (κ2) is 6.99. The van der Waals surface area contributed by atoms with Gasteiger partial charge in [0.15, 0.2) is 0 Å². The van der Waals surface area contributed by atoms with Crippen molar-refractivity contribution in [1.82, 2.24) is 14.5 Å². The lowest BCUT2D eigenvalue weighted by Crippen LogP contribution is -2.08. The topological polar surface area (TPSA) is 55.2 Å². The van der Waals surface area contributed by atoms with Gasteiger partial charge in [-0.2, -0.15) is 0 Å². The number of rotatable bonds is 5. The largest absolute Gasteiger partial charge is 0.439 e. The molecule has 1 N–H and O–H groups in total. The highest BCUT2D eigenvalue weighted by Crippen LogP contribution is 2.27. The highest BCUT2D eigenvalue weighted by atomic mass is 16.5. The van der Waals surface area contributed by atoms with Crippen LogP contribution in [0.2, 0.25) is 0 Å². The summed E-state index contributed by atoms with van der Waals surface area (Å²) >= 11 is 0. The molecule has 0 aliphatic heterocycles. The van der Waals surface area contributed by atoms with Gasteiger partial charge in [0.1, 0.15) is 5.75 Å². The lowest BCUT2D eigenvalue weighted by molar-refractivity contribution is 0.463. The Kier molecular flexibility index (Phi) is 4.38. The van der Waals surface area contributed by atoms with E-state index in [1.54, 1.807) is 6.20 Å². The van der Waals surface area contributed by atoms with Crippen LogP contribution in [-0.2, 0) is 7.05 Å². The van der Waals surface area contributed by atoms with Crippen LogP contribution in [0.25, 0.3) is 11.0 Å². The van der Waals surface area contributed by atoms with Crippen LogP contribution in [0.4, 0.5) is 17.3 Å². The van der Waals surface area contributed by atoms with E-state index in [9.17, 15) is 0 Å². The Morgan fingerprint density at radius 2 is 1.81 bits per heavy atom. The number of hydrogen-bond acceptors (Lipinski definition) is 5. The zero-order chi connectivity index (χ0) is 18.8. The third kappa shape index (κ3) is 3.55. The second-order valence-electron chi connectivity index (χ2n) is 6.48. The summed E-state index contributed by atoms with van der Waals surface area (Å²) in [6.45, 7) is 0. The van der Waals surface area contributed by atoms with Crippen molar-refractivity contribution in [2.24, 2.45) is 7.05 Å². The van der Waals surface area contributed by atoms with E-state index in [4.69, 9.17) is 9.72 Å². The number of nitrogens with zero attached hydrogens (tertiary/aromatic N) is 4. The molecule has 6 heteroatoms. The van der Waals surface area contributed by atoms with Gasteiger partial charge in [0.25, 0.3) is 0 Å². The summed E-state index contributed by atoms with van der Waals surface area (Å²) in [6.07, 6.45) is 1.71. The zero-order valence-corrected chi connectivity index (χ0v) is 15.5. The van der Waals surface area contributed by atoms with Crippen molar-refractivity contribution in [3.8, 4) is 11.6 Å². The van der Waals surface area contributed by atoms with E-state index in [1.807, 2.05) is 74.2 Å². The molecule has 0 saturated carbocycles. The Morgan fingerprint density at radius 1 is 1.00 bits per heavy atom. The Balaban J connectivity index is 1.59. The van der Waals surface area contributed by atoms with Gasteiger partial charge in [-0.15, -0.1) is 0 Å². The predicted octanol–water partition coefficient (Wildman–Crippen LogP) is 4.57. The fourth-order valence-corrected chi connectivity index (χ4v) is 2.86. The van der Waals surface area contributed by atoms with Crippen LogP contribution in [-0.4, -0.2) is 28.6 Å². The molecule has 2 aromatic heterocycles. The number of ether oxygens (including phenoxy) is 1. The molecule has 6 nitrogen and oxygen atoms in total. The molecule has 4 rings (SSSR count). The highest BCUT2D eigenvalue weighted by Gasteiger charge is 2.10. The first-order valence-corrected chi connectivity index (χ1v) is 8.70. The minimum absolute atomic E-state index is 0.562. The van der Waals surface area contributed by atoms with Crippen LogP contribution in [0.1, 0.15) is 0 Å². The van der Waals surface area contributed by atoms with Crippen molar-refractivity contribution < 1.29 is 4.74 Å². The van der Waals surface area contributed by atoms with Crippen molar-refractivity contribution in [1.29, 1.82) is 0 Å². The monoisotopic (exact) mass is 359 g/mol. The fraction of sp³-hybridized carbons (Fsp3) is 0.143. The Labute approximate surface area is 158 Å². The number of hydrogen-bond donors (Lipinski definition) is 1. The summed E-state index contributed by atoms with van der Waals surface area (Å²) in [6, 6.07) is 19.7. The van der Waals surface area contributed by atoms with Crippen LogP contribution in [0.5, 0.6) is 11.6 Å². The first-order valence-electron chi connectivity index (χ1n) is 8.70. The molecule has 27 heavy (non-hydrogen) atoms. The summed E-state index contributed by atoms with van der Waals surface area (Å²) in [7, 11) is 6.04. The molecule has 0 bridgehead atoms. The van der Waals surface area contributed by atoms with E-state index in [-0.39, 0.29) is 0 Å². The van der Waals surface area contributed by atoms with Gasteiger partial charge in [0.2, 0.25) is 11.8 Å². The number of fused-ring (bicyclic) bond motifs is 1. The molecule has 2 aromatic carbocycles. The van der Waals surface area contributed by atoms with Crippen LogP contribution in [0.15, 0.2) is 66.9 Å². The number of aromatic nitrogens is 3. The van der Waals surface area contributed by atoms with E-state index in [2.05, 4.69) is 27.3 Å². The molecule has 0 amide bonds. The molecule has 2 heterocycles. The third-order valence-electron chi connectivity index (χ3n) is 4.35. The summed E-state index contributed by atoms with van der Waals surface area (Å²) in [4.78, 5) is 11.0. The molecule has 0 atom stereocenters. The van der Waals surface area contributed by atoms with Crippen molar-refractivity contribution in [2.75, 3.05) is 24.3 Å². The molecule has 0 aliphatic rings. The van der Waals surface area contributed by atoms with Gasteiger partial charge in [0, 0.05) is 50.8 Å². The van der Waals surface area contributed by atoms with Crippen LogP contribution in [0.3, 0.4) is 0 Å². The van der Waals surface area contributed by atoms with Crippen molar-refractivity contribution in [3.05, 3.63) is 66.9 Å². The molecule has 0 radical (unpaired) electrons. The fourth-order valence-electron chi connectivity index (χ4n) is 2.86. The zero-order valence-electron chi connectivity index (χ0n) is 15.5. The maximum Gasteiger partial charge on any atom is 0.219 e. The van der Waals surface area contributed by atoms with Crippen molar-refractivity contribution in [2.45, 2.75) is 0 Å². The molecule has 0 saturated heterocycles. The summed E-state index contributed by atoms with van der Waals surface area (Å²) in [5, 5.41) is 3.38. The van der Waals surface area contributed by atoms with Crippen molar-refractivity contribution >= 4 is 28.4 Å². The van der Waals surface area contributed by atoms with E-state index in [0.717, 1.165) is 28.4 Å². The standard InChI is InChI=1S/C21H21N5O/c1-25(2)16-9-7-15(8-10-16)23-21-24-18-14-17(11-12-19(18)26(21)3)27-20-6-4-5-13-22-20/h4-14H,1-3H3,(H,23,24). The van der Waals surface area contributed by atoms with Gasteiger partial charge in [-0.05, 0) is 42.5 Å². The van der Waals surface area contributed by atoms with Crippen LogP contribution >= 0.6 is 0 Å². The summed E-state index contributed by atoms with van der Waals surface area (Å²) in [5.74, 6) is 2.05. The summed E-state index contributed by atoms with van der Waals surface area (Å²) < 4.78 is 7.83. The number of aryl methyl sites for hydroxylation is 1. The Morgan fingerprint density at radius 3 is 2.52 bits per heavy atom. The summed E-state index contributed by atoms with van der Waals surface area (Å²) in [5.41, 5.74) is 4.03. The SMILES string of the molecule is CN(C)c1ccc(Nc2nc3cc(Oc4ccccn4)ccc3n2C)cc1. The van der Waals surface area contributed by atoms with Gasteiger partial charge in [-0.1, -0.05) is 6.07 Å². The molecule has 0 spiro atoms.